The van der Waals surface area contributed by atoms with Crippen LogP contribution in [0, 0.1) is 12.8 Å². The average molecular weight is 400 g/mol. The van der Waals surface area contributed by atoms with Crippen LogP contribution in [-0.2, 0) is 11.4 Å². The van der Waals surface area contributed by atoms with Crippen molar-refractivity contribution in [2.45, 2.75) is 40.2 Å². The van der Waals surface area contributed by atoms with Gasteiger partial charge >= 0.3 is 0 Å². The Morgan fingerprint density at radius 2 is 1.89 bits per heavy atom. The standard InChI is InChI=1S/C22H26ClN3O2/c1-5-17(6-2)22(27)25(4)21-15(3)24-20-19(8-7-13-26(20)21)28-14-16-9-11-18(23)12-10-16/h7-13,17H,5-6,14H2,1-4H3. The normalized spacial score (nSPS) is 11.2. The molecule has 0 bridgehead atoms. The van der Waals surface area contributed by atoms with E-state index in [4.69, 9.17) is 16.3 Å². The molecular weight excluding hydrogens is 374 g/mol. The minimum atomic E-state index is 0.0132. The van der Waals surface area contributed by atoms with Crippen LogP contribution in [0.2, 0.25) is 5.02 Å². The number of amides is 1. The van der Waals surface area contributed by atoms with Crippen molar-refractivity contribution >= 4 is 29.0 Å². The van der Waals surface area contributed by atoms with Gasteiger partial charge in [-0.25, -0.2) is 4.98 Å². The Hall–Kier alpha value is -2.53. The Bertz CT molecular complexity index is 962. The third-order valence-corrected chi connectivity index (χ3v) is 5.30. The maximum absolute atomic E-state index is 12.9. The second-order valence-electron chi connectivity index (χ2n) is 6.91. The van der Waals surface area contributed by atoms with Gasteiger partial charge in [-0.05, 0) is 49.6 Å². The van der Waals surface area contributed by atoms with Gasteiger partial charge in [-0.3, -0.25) is 14.1 Å². The van der Waals surface area contributed by atoms with Gasteiger partial charge in [0.05, 0.1) is 5.69 Å². The predicted octanol–water partition coefficient (Wildman–Crippen LogP) is 5.27. The second-order valence-corrected chi connectivity index (χ2v) is 7.35. The van der Waals surface area contributed by atoms with E-state index < -0.39 is 0 Å². The number of pyridine rings is 1. The second kappa shape index (κ2) is 8.65. The minimum Gasteiger partial charge on any atom is -0.485 e. The zero-order valence-electron chi connectivity index (χ0n) is 16.8. The van der Waals surface area contributed by atoms with Crippen LogP contribution in [0.25, 0.3) is 5.65 Å². The Balaban J connectivity index is 1.90. The lowest BCUT2D eigenvalue weighted by atomic mass is 10.0. The van der Waals surface area contributed by atoms with Gasteiger partial charge < -0.3 is 4.74 Å². The van der Waals surface area contributed by atoms with Crippen LogP contribution in [0.4, 0.5) is 5.82 Å². The van der Waals surface area contributed by atoms with Crippen LogP contribution < -0.4 is 9.64 Å². The molecular formula is C22H26ClN3O2. The predicted molar refractivity (Wildman–Crippen MR) is 113 cm³/mol. The van der Waals surface area contributed by atoms with Gasteiger partial charge in [-0.15, -0.1) is 0 Å². The third kappa shape index (κ3) is 3.99. The largest absolute Gasteiger partial charge is 0.485 e. The smallest absolute Gasteiger partial charge is 0.230 e. The molecule has 5 nitrogen and oxygen atoms in total. The summed E-state index contributed by atoms with van der Waals surface area (Å²) in [6, 6.07) is 11.4. The molecule has 2 aromatic heterocycles. The van der Waals surface area contributed by atoms with E-state index in [1.807, 2.05) is 74.8 Å². The summed E-state index contributed by atoms with van der Waals surface area (Å²) in [7, 11) is 1.82. The summed E-state index contributed by atoms with van der Waals surface area (Å²) in [6.45, 7) is 6.43. The van der Waals surface area contributed by atoms with Crippen LogP contribution in [-0.4, -0.2) is 22.3 Å². The lowest BCUT2D eigenvalue weighted by Gasteiger charge is -2.22. The molecule has 0 spiro atoms. The van der Waals surface area contributed by atoms with Crippen molar-refractivity contribution in [3.8, 4) is 5.75 Å². The summed E-state index contributed by atoms with van der Waals surface area (Å²) in [4.78, 5) is 19.3. The minimum absolute atomic E-state index is 0.0132. The molecule has 0 saturated carbocycles. The van der Waals surface area contributed by atoms with E-state index in [9.17, 15) is 4.79 Å². The number of aryl methyl sites for hydroxylation is 1. The molecule has 1 amide bonds. The summed E-state index contributed by atoms with van der Waals surface area (Å²) in [5.74, 6) is 1.58. The molecule has 28 heavy (non-hydrogen) atoms. The van der Waals surface area contributed by atoms with Gasteiger partial charge in [0.2, 0.25) is 5.91 Å². The summed E-state index contributed by atoms with van der Waals surface area (Å²) >= 11 is 5.94. The number of imidazole rings is 1. The SMILES string of the molecule is CCC(CC)C(=O)N(C)c1c(C)nc2c(OCc3ccc(Cl)cc3)cccn12. The van der Waals surface area contributed by atoms with Crippen molar-refractivity contribution in [2.24, 2.45) is 5.92 Å². The van der Waals surface area contributed by atoms with E-state index in [2.05, 4.69) is 4.98 Å². The zero-order valence-corrected chi connectivity index (χ0v) is 17.5. The average Bonchev–Trinajstić information content (AvgIpc) is 3.04. The molecule has 6 heteroatoms. The van der Waals surface area contributed by atoms with Gasteiger partial charge in [-0.1, -0.05) is 37.6 Å². The maximum atomic E-state index is 12.9. The van der Waals surface area contributed by atoms with Crippen molar-refractivity contribution in [1.29, 1.82) is 0 Å². The van der Waals surface area contributed by atoms with Gasteiger partial charge in [-0.2, -0.15) is 0 Å². The molecule has 0 atom stereocenters. The van der Waals surface area contributed by atoms with Crippen molar-refractivity contribution in [3.63, 3.8) is 0 Å². The Morgan fingerprint density at radius 1 is 1.21 bits per heavy atom. The number of halogens is 1. The zero-order chi connectivity index (χ0) is 20.3. The van der Waals surface area contributed by atoms with Crippen molar-refractivity contribution < 1.29 is 9.53 Å². The number of benzene rings is 1. The monoisotopic (exact) mass is 399 g/mol. The number of carbonyl (C=O) groups excluding carboxylic acids is 1. The quantitative estimate of drug-likeness (QED) is 0.543. The van der Waals surface area contributed by atoms with Crippen LogP contribution in [0.15, 0.2) is 42.6 Å². The van der Waals surface area contributed by atoms with Gasteiger partial charge in [0.1, 0.15) is 12.4 Å². The van der Waals surface area contributed by atoms with Crippen molar-refractivity contribution in [3.05, 3.63) is 58.9 Å². The number of hydrogen-bond acceptors (Lipinski definition) is 3. The highest BCUT2D eigenvalue weighted by Gasteiger charge is 2.24. The number of carbonyl (C=O) groups is 1. The maximum Gasteiger partial charge on any atom is 0.230 e. The fourth-order valence-electron chi connectivity index (χ4n) is 3.42. The number of aromatic nitrogens is 2. The molecule has 0 unspecified atom stereocenters. The summed E-state index contributed by atoms with van der Waals surface area (Å²) in [5, 5.41) is 0.699. The number of fused-ring (bicyclic) bond motifs is 1. The Labute approximate surface area is 170 Å². The number of rotatable bonds is 7. The fraction of sp³-hybridized carbons (Fsp3) is 0.364. The number of anilines is 1. The molecule has 0 radical (unpaired) electrons. The van der Waals surface area contributed by atoms with E-state index in [-0.39, 0.29) is 11.8 Å². The molecule has 0 aliphatic carbocycles. The Morgan fingerprint density at radius 3 is 2.54 bits per heavy atom. The van der Waals surface area contributed by atoms with Crippen LogP contribution >= 0.6 is 11.6 Å². The number of nitrogens with zero attached hydrogens (tertiary/aromatic N) is 3. The molecule has 0 aliphatic rings. The molecule has 0 saturated heterocycles. The van der Waals surface area contributed by atoms with E-state index in [0.29, 0.717) is 23.0 Å². The van der Waals surface area contributed by atoms with E-state index in [1.54, 1.807) is 4.90 Å². The van der Waals surface area contributed by atoms with Crippen molar-refractivity contribution in [1.82, 2.24) is 9.38 Å². The number of ether oxygens (including phenoxy) is 1. The fourth-order valence-corrected chi connectivity index (χ4v) is 3.54. The van der Waals surface area contributed by atoms with E-state index in [1.165, 1.54) is 0 Å². The number of hydrogen-bond donors (Lipinski definition) is 0. The van der Waals surface area contributed by atoms with Gasteiger partial charge in [0.15, 0.2) is 11.4 Å². The van der Waals surface area contributed by atoms with E-state index in [0.717, 1.165) is 29.9 Å². The first-order valence-corrected chi connectivity index (χ1v) is 9.96. The van der Waals surface area contributed by atoms with Crippen molar-refractivity contribution in [2.75, 3.05) is 11.9 Å². The highest BCUT2D eigenvalue weighted by atomic mass is 35.5. The first-order chi connectivity index (χ1) is 13.5. The Kier molecular flexibility index (Phi) is 6.25. The van der Waals surface area contributed by atoms with Crippen LogP contribution in [0.1, 0.15) is 37.9 Å². The molecule has 0 aliphatic heterocycles. The van der Waals surface area contributed by atoms with Crippen LogP contribution in [0.5, 0.6) is 5.75 Å². The van der Waals surface area contributed by atoms with Gasteiger partial charge in [0, 0.05) is 24.2 Å². The molecule has 0 N–H and O–H groups in total. The molecule has 3 aromatic rings. The molecule has 148 valence electrons. The highest BCUT2D eigenvalue weighted by molar-refractivity contribution is 6.30. The molecule has 2 heterocycles. The molecule has 3 rings (SSSR count). The molecule has 1 aromatic carbocycles. The first kappa shape index (κ1) is 20.2. The van der Waals surface area contributed by atoms with Crippen LogP contribution in [0.3, 0.4) is 0 Å². The summed E-state index contributed by atoms with van der Waals surface area (Å²) in [5.41, 5.74) is 2.52. The topological polar surface area (TPSA) is 46.8 Å². The summed E-state index contributed by atoms with van der Waals surface area (Å²) < 4.78 is 7.94. The summed E-state index contributed by atoms with van der Waals surface area (Å²) in [6.07, 6.45) is 3.56. The third-order valence-electron chi connectivity index (χ3n) is 5.05. The van der Waals surface area contributed by atoms with Gasteiger partial charge in [0.25, 0.3) is 0 Å². The molecule has 0 fully saturated rings. The highest BCUT2D eigenvalue weighted by Crippen LogP contribution is 2.29. The lowest BCUT2D eigenvalue weighted by Crippen LogP contribution is -2.33. The first-order valence-electron chi connectivity index (χ1n) is 9.58. The lowest BCUT2D eigenvalue weighted by molar-refractivity contribution is -0.122. The van der Waals surface area contributed by atoms with E-state index >= 15 is 0 Å².